The lowest BCUT2D eigenvalue weighted by atomic mass is 10.1. The van der Waals surface area contributed by atoms with Crippen LogP contribution in [0.3, 0.4) is 0 Å². The van der Waals surface area contributed by atoms with Gasteiger partial charge in [0.2, 0.25) is 0 Å². The third kappa shape index (κ3) is 8.49. The molecule has 0 heterocycles. The van der Waals surface area contributed by atoms with Crippen molar-refractivity contribution in [1.29, 1.82) is 0 Å². The van der Waals surface area contributed by atoms with Gasteiger partial charge in [0.1, 0.15) is 11.8 Å². The van der Waals surface area contributed by atoms with Crippen molar-refractivity contribution in [3.8, 4) is 5.75 Å². The van der Waals surface area contributed by atoms with Gasteiger partial charge in [0.05, 0.1) is 5.56 Å². The van der Waals surface area contributed by atoms with Gasteiger partial charge >= 0.3 is 17.9 Å². The van der Waals surface area contributed by atoms with E-state index in [2.05, 4.69) is 5.32 Å². The molecular formula is C28H30N4O7. The Morgan fingerprint density at radius 1 is 0.692 bits per heavy atom. The summed E-state index contributed by atoms with van der Waals surface area (Å²) < 4.78 is 15.8. The highest BCUT2D eigenvalue weighted by molar-refractivity contribution is 5.93. The van der Waals surface area contributed by atoms with E-state index in [1.807, 2.05) is 0 Å². The number of benzene rings is 3. The second-order valence-electron chi connectivity index (χ2n) is 8.75. The minimum atomic E-state index is -1.29. The molecule has 3 aromatic rings. The smallest absolute Gasteiger partial charge is 0.352 e. The molecule has 11 nitrogen and oxygen atoms in total. The molecule has 0 aromatic heterocycles. The number of nitrogens with one attached hydrogen (secondary N) is 1. The van der Waals surface area contributed by atoms with Crippen molar-refractivity contribution in [3.05, 3.63) is 83.9 Å². The number of carbonyl (C=O) groups excluding carboxylic acids is 4. The van der Waals surface area contributed by atoms with Gasteiger partial charge in [-0.05, 0) is 80.1 Å². The molecule has 3 rings (SSSR count). The Bertz CT molecular complexity index is 1310. The first-order valence-corrected chi connectivity index (χ1v) is 12.0. The Morgan fingerprint density at radius 2 is 1.21 bits per heavy atom. The molecule has 0 aliphatic heterocycles. The summed E-state index contributed by atoms with van der Waals surface area (Å²) in [5.74, 6) is -2.97. The van der Waals surface area contributed by atoms with Crippen molar-refractivity contribution >= 4 is 40.9 Å². The van der Waals surface area contributed by atoms with Gasteiger partial charge in [-0.1, -0.05) is 12.1 Å². The van der Waals surface area contributed by atoms with Crippen molar-refractivity contribution < 1.29 is 33.4 Å². The molecule has 0 saturated carbocycles. The number of ether oxygens (including phenoxy) is 3. The average Bonchev–Trinajstić information content (AvgIpc) is 2.90. The van der Waals surface area contributed by atoms with Crippen LogP contribution in [0.15, 0.2) is 72.8 Å². The molecule has 3 unspecified atom stereocenters. The maximum Gasteiger partial charge on any atom is 0.352 e. The molecule has 0 fully saturated rings. The van der Waals surface area contributed by atoms with Gasteiger partial charge in [0, 0.05) is 23.5 Å². The fourth-order valence-corrected chi connectivity index (χ4v) is 3.31. The Labute approximate surface area is 225 Å². The molecule has 1 amide bonds. The number of carbonyl (C=O) groups is 4. The largest absolute Gasteiger partial charge is 0.449 e. The van der Waals surface area contributed by atoms with Gasteiger partial charge in [0.25, 0.3) is 5.91 Å². The van der Waals surface area contributed by atoms with Crippen LogP contribution in [0.5, 0.6) is 5.75 Å². The van der Waals surface area contributed by atoms with E-state index >= 15 is 0 Å². The van der Waals surface area contributed by atoms with E-state index in [-0.39, 0.29) is 17.7 Å². The van der Waals surface area contributed by atoms with Crippen molar-refractivity contribution in [2.24, 2.45) is 0 Å². The van der Waals surface area contributed by atoms with Crippen molar-refractivity contribution in [3.63, 3.8) is 0 Å². The summed E-state index contributed by atoms with van der Waals surface area (Å²) in [5, 5.41) is 2.54. The number of rotatable bonds is 10. The van der Waals surface area contributed by atoms with Crippen LogP contribution in [-0.4, -0.2) is 42.1 Å². The highest BCUT2D eigenvalue weighted by Gasteiger charge is 2.30. The summed E-state index contributed by atoms with van der Waals surface area (Å²) in [6.07, 6.45) is -2.52. The standard InChI is InChI=1S/C28H30N4O7/c1-16(37-27(35)19-5-9-21(30)10-6-19)25(33)32-24(15-18-3-7-20(29)8-4-18)28(36)38-17(2)26(34)39-23-13-11-22(31)12-14-23/h3-14,16-17,24H,15,29-31H2,1-2H3,(H,32,33). The van der Waals surface area contributed by atoms with Crippen LogP contribution in [-0.2, 0) is 30.3 Å². The van der Waals surface area contributed by atoms with Gasteiger partial charge in [-0.2, -0.15) is 0 Å². The van der Waals surface area contributed by atoms with Crippen LogP contribution >= 0.6 is 0 Å². The molecule has 204 valence electrons. The first-order valence-electron chi connectivity index (χ1n) is 12.0. The molecule has 7 N–H and O–H groups in total. The normalized spacial score (nSPS) is 12.9. The first-order chi connectivity index (χ1) is 18.5. The Morgan fingerprint density at radius 3 is 1.77 bits per heavy atom. The second-order valence-corrected chi connectivity index (χ2v) is 8.75. The lowest BCUT2D eigenvalue weighted by Crippen LogP contribution is -2.48. The minimum Gasteiger partial charge on any atom is -0.449 e. The topological polar surface area (TPSA) is 186 Å². The van der Waals surface area contributed by atoms with Gasteiger partial charge in [-0.15, -0.1) is 0 Å². The highest BCUT2D eigenvalue weighted by atomic mass is 16.6. The lowest BCUT2D eigenvalue weighted by molar-refractivity contribution is -0.163. The van der Waals surface area contributed by atoms with E-state index in [9.17, 15) is 19.2 Å². The summed E-state index contributed by atoms with van der Waals surface area (Å²) in [6.45, 7) is 2.71. The molecule has 39 heavy (non-hydrogen) atoms. The molecule has 0 aliphatic rings. The first kappa shape index (κ1) is 28.5. The quantitative estimate of drug-likeness (QED) is 0.171. The molecule has 0 bridgehead atoms. The number of amides is 1. The van der Waals surface area contributed by atoms with Gasteiger partial charge < -0.3 is 36.7 Å². The predicted molar refractivity (Wildman–Crippen MR) is 144 cm³/mol. The molecule has 0 radical (unpaired) electrons. The molecule has 0 saturated heterocycles. The highest BCUT2D eigenvalue weighted by Crippen LogP contribution is 2.15. The maximum atomic E-state index is 13.1. The number of hydrogen-bond donors (Lipinski definition) is 4. The zero-order chi connectivity index (χ0) is 28.5. The number of hydrogen-bond acceptors (Lipinski definition) is 10. The maximum absolute atomic E-state index is 13.1. The second kappa shape index (κ2) is 13.0. The van der Waals surface area contributed by atoms with Crippen LogP contribution in [0.4, 0.5) is 17.1 Å². The molecule has 3 aromatic carbocycles. The molecular weight excluding hydrogens is 504 g/mol. The van der Waals surface area contributed by atoms with Crippen LogP contribution in [0.2, 0.25) is 0 Å². The molecule has 11 heteroatoms. The number of nitrogens with two attached hydrogens (primary N) is 3. The Kier molecular flexibility index (Phi) is 9.47. The third-order valence-corrected chi connectivity index (χ3v) is 5.54. The van der Waals surface area contributed by atoms with E-state index in [1.165, 1.54) is 50.2 Å². The summed E-state index contributed by atoms with van der Waals surface area (Å²) in [6, 6.07) is 17.5. The van der Waals surface area contributed by atoms with Gasteiger partial charge in [-0.3, -0.25) is 4.79 Å². The number of esters is 3. The minimum absolute atomic E-state index is 0.0171. The fourth-order valence-electron chi connectivity index (χ4n) is 3.31. The lowest BCUT2D eigenvalue weighted by Gasteiger charge is -2.22. The zero-order valence-corrected chi connectivity index (χ0v) is 21.5. The van der Waals surface area contributed by atoms with E-state index < -0.39 is 42.1 Å². The molecule has 3 atom stereocenters. The third-order valence-electron chi connectivity index (χ3n) is 5.54. The van der Waals surface area contributed by atoms with Crippen LogP contribution in [0, 0.1) is 0 Å². The average molecular weight is 535 g/mol. The Balaban J connectivity index is 1.67. The van der Waals surface area contributed by atoms with Crippen molar-refractivity contribution in [2.45, 2.75) is 38.5 Å². The van der Waals surface area contributed by atoms with E-state index in [4.69, 9.17) is 31.4 Å². The summed E-state index contributed by atoms with van der Waals surface area (Å²) in [4.78, 5) is 50.8. The molecule has 0 aliphatic carbocycles. The number of anilines is 3. The van der Waals surface area contributed by atoms with Crippen LogP contribution < -0.4 is 27.3 Å². The Hall–Kier alpha value is -5.06. The van der Waals surface area contributed by atoms with Crippen LogP contribution in [0.25, 0.3) is 0 Å². The molecule has 0 spiro atoms. The summed E-state index contributed by atoms with van der Waals surface area (Å²) in [7, 11) is 0. The van der Waals surface area contributed by atoms with E-state index in [0.717, 1.165) is 0 Å². The fraction of sp³-hybridized carbons (Fsp3) is 0.214. The predicted octanol–water partition coefficient (Wildman–Crippen LogP) is 2.24. The van der Waals surface area contributed by atoms with Crippen molar-refractivity contribution in [1.82, 2.24) is 5.32 Å². The zero-order valence-electron chi connectivity index (χ0n) is 21.5. The number of nitrogen functional groups attached to an aromatic ring is 3. The van der Waals surface area contributed by atoms with Crippen LogP contribution in [0.1, 0.15) is 29.8 Å². The van der Waals surface area contributed by atoms with Gasteiger partial charge in [-0.25, -0.2) is 14.4 Å². The SMILES string of the molecule is CC(OC(=O)c1ccc(N)cc1)C(=O)NC(Cc1ccc(N)cc1)C(=O)OC(C)C(=O)Oc1ccc(N)cc1. The van der Waals surface area contributed by atoms with Gasteiger partial charge in [0.15, 0.2) is 12.2 Å². The monoisotopic (exact) mass is 534 g/mol. The van der Waals surface area contributed by atoms with E-state index in [1.54, 1.807) is 36.4 Å². The van der Waals surface area contributed by atoms with E-state index in [0.29, 0.717) is 22.6 Å². The van der Waals surface area contributed by atoms with Crippen molar-refractivity contribution in [2.75, 3.05) is 17.2 Å². The summed E-state index contributed by atoms with van der Waals surface area (Å²) in [5.41, 5.74) is 19.3. The summed E-state index contributed by atoms with van der Waals surface area (Å²) >= 11 is 0.